The number of benzene rings is 1. The third-order valence-corrected chi connectivity index (χ3v) is 5.78. The van der Waals surface area contributed by atoms with Crippen molar-refractivity contribution in [2.45, 2.75) is 37.3 Å². The van der Waals surface area contributed by atoms with Gasteiger partial charge in [-0.3, -0.25) is 19.9 Å². The summed E-state index contributed by atoms with van der Waals surface area (Å²) in [5.74, 6) is 0. The van der Waals surface area contributed by atoms with Gasteiger partial charge in [-0.15, -0.1) is 0 Å². The first kappa shape index (κ1) is 21.7. The molecule has 1 N–H and O–H groups in total. The number of aliphatic hydroxyl groups excluding tert-OH is 1. The van der Waals surface area contributed by atoms with Gasteiger partial charge in [0.1, 0.15) is 12.7 Å². The third kappa shape index (κ3) is 5.33. The Morgan fingerprint density at radius 3 is 2.70 bits per heavy atom. The fourth-order valence-corrected chi connectivity index (χ4v) is 4.37. The van der Waals surface area contributed by atoms with Crippen molar-refractivity contribution in [3.05, 3.63) is 70.0 Å². The second kappa shape index (κ2) is 9.68. The van der Waals surface area contributed by atoms with Gasteiger partial charge in [-0.2, -0.15) is 0 Å². The maximum absolute atomic E-state index is 12.7. The lowest BCUT2D eigenvalue weighted by Crippen LogP contribution is -2.39. The fraction of sp³-hybridized carbons (Fsp3) is 0.350. The Hall–Kier alpha value is -2.98. The first-order chi connectivity index (χ1) is 14.3. The summed E-state index contributed by atoms with van der Waals surface area (Å²) in [6.45, 7) is 1.67. The number of ether oxygens (including phenoxy) is 1. The van der Waals surface area contributed by atoms with E-state index in [2.05, 4.69) is 4.98 Å². The number of thioether (sulfide) groups is 1. The lowest BCUT2D eigenvalue weighted by molar-refractivity contribution is -0.384. The molecule has 0 aliphatic carbocycles. The van der Waals surface area contributed by atoms with Gasteiger partial charge in [0.15, 0.2) is 5.12 Å². The highest BCUT2D eigenvalue weighted by atomic mass is 32.2. The number of nitro benzene ring substituents is 1. The SMILES string of the molecule is CC(=O)S[C@H]1C[C@@H](C(O)c2cccnc2)N(C(=O)OCc2ccc([N+](=O)[O-])cc2)C1. The second-order valence-corrected chi connectivity index (χ2v) is 8.37. The molecule has 0 saturated carbocycles. The van der Waals surface area contributed by atoms with E-state index in [4.69, 9.17) is 4.74 Å². The smallest absolute Gasteiger partial charge is 0.410 e. The van der Waals surface area contributed by atoms with Crippen molar-refractivity contribution in [3.63, 3.8) is 0 Å². The number of hydrogen-bond acceptors (Lipinski definition) is 8. The molecule has 30 heavy (non-hydrogen) atoms. The molecule has 1 fully saturated rings. The van der Waals surface area contributed by atoms with E-state index in [1.165, 1.54) is 42.3 Å². The van der Waals surface area contributed by atoms with Crippen LogP contribution in [-0.4, -0.2) is 49.0 Å². The summed E-state index contributed by atoms with van der Waals surface area (Å²) in [4.78, 5) is 39.9. The highest BCUT2D eigenvalue weighted by molar-refractivity contribution is 8.14. The number of rotatable bonds is 6. The summed E-state index contributed by atoms with van der Waals surface area (Å²) in [5, 5.41) is 21.3. The van der Waals surface area contributed by atoms with E-state index in [1.54, 1.807) is 18.3 Å². The summed E-state index contributed by atoms with van der Waals surface area (Å²) in [5.41, 5.74) is 1.13. The Morgan fingerprint density at radius 2 is 2.10 bits per heavy atom. The van der Waals surface area contributed by atoms with Crippen molar-refractivity contribution in [2.24, 2.45) is 0 Å². The summed E-state index contributed by atoms with van der Waals surface area (Å²) in [6.07, 6.45) is 1.98. The van der Waals surface area contributed by atoms with Crippen molar-refractivity contribution in [1.29, 1.82) is 0 Å². The van der Waals surface area contributed by atoms with Crippen molar-refractivity contribution < 1.29 is 24.4 Å². The minimum atomic E-state index is -0.969. The van der Waals surface area contributed by atoms with Gasteiger partial charge in [-0.1, -0.05) is 17.8 Å². The fourth-order valence-electron chi connectivity index (χ4n) is 3.37. The number of nitrogens with zero attached hydrogens (tertiary/aromatic N) is 3. The van der Waals surface area contributed by atoms with Gasteiger partial charge in [0, 0.05) is 48.8 Å². The monoisotopic (exact) mass is 431 g/mol. The lowest BCUT2D eigenvalue weighted by Gasteiger charge is -2.28. The number of amides is 1. The highest BCUT2D eigenvalue weighted by Crippen LogP contribution is 2.35. The van der Waals surface area contributed by atoms with Gasteiger partial charge in [0.25, 0.3) is 5.69 Å². The average molecular weight is 431 g/mol. The minimum absolute atomic E-state index is 0.0478. The second-order valence-electron chi connectivity index (χ2n) is 6.90. The molecule has 1 unspecified atom stereocenters. The van der Waals surface area contributed by atoms with Crippen LogP contribution in [0.25, 0.3) is 0 Å². The molecule has 9 nitrogen and oxygen atoms in total. The Kier molecular flexibility index (Phi) is 7.01. The zero-order chi connectivity index (χ0) is 21.7. The topological polar surface area (TPSA) is 123 Å². The number of aromatic nitrogens is 1. The number of nitro groups is 1. The van der Waals surface area contributed by atoms with E-state index in [9.17, 15) is 24.8 Å². The van der Waals surface area contributed by atoms with Crippen LogP contribution in [0.15, 0.2) is 48.8 Å². The van der Waals surface area contributed by atoms with Gasteiger partial charge in [-0.25, -0.2) is 4.79 Å². The van der Waals surface area contributed by atoms with E-state index in [0.29, 0.717) is 17.5 Å². The molecule has 1 aliphatic heterocycles. The number of hydrogen-bond donors (Lipinski definition) is 1. The number of likely N-dealkylation sites (tertiary alicyclic amines) is 1. The van der Waals surface area contributed by atoms with Gasteiger partial charge in [0.05, 0.1) is 11.0 Å². The van der Waals surface area contributed by atoms with Crippen LogP contribution < -0.4 is 0 Å². The zero-order valence-electron chi connectivity index (χ0n) is 16.2. The van der Waals surface area contributed by atoms with E-state index in [0.717, 1.165) is 11.8 Å². The average Bonchev–Trinajstić information content (AvgIpc) is 3.15. The van der Waals surface area contributed by atoms with Gasteiger partial charge < -0.3 is 14.7 Å². The maximum atomic E-state index is 12.7. The highest BCUT2D eigenvalue weighted by Gasteiger charge is 2.41. The van der Waals surface area contributed by atoms with Crippen molar-refractivity contribution in [3.8, 4) is 0 Å². The standard InChI is InChI=1S/C20H21N3O6S/c1-13(24)30-17-9-18(19(25)15-3-2-8-21-10-15)22(11-17)20(26)29-12-14-4-6-16(7-5-14)23(27)28/h2-8,10,17-19,25H,9,11-12H2,1H3/t17-,18-,19?/m0/s1. The number of pyridine rings is 1. The molecular formula is C20H21N3O6S. The van der Waals surface area contributed by atoms with Crippen LogP contribution in [0, 0.1) is 10.1 Å². The molecule has 0 spiro atoms. The summed E-state index contributed by atoms with van der Waals surface area (Å²) >= 11 is 1.14. The van der Waals surface area contributed by atoms with Gasteiger partial charge >= 0.3 is 6.09 Å². The quantitative estimate of drug-likeness (QED) is 0.547. The van der Waals surface area contributed by atoms with Crippen LogP contribution in [0.1, 0.15) is 30.6 Å². The van der Waals surface area contributed by atoms with Gasteiger partial charge in [-0.05, 0) is 30.2 Å². The maximum Gasteiger partial charge on any atom is 0.410 e. The molecule has 1 aromatic carbocycles. The van der Waals surface area contributed by atoms with Crippen LogP contribution in [0.5, 0.6) is 0 Å². The summed E-state index contributed by atoms with van der Waals surface area (Å²) < 4.78 is 5.38. The van der Waals surface area contributed by atoms with Crippen LogP contribution in [-0.2, 0) is 16.1 Å². The Labute approximate surface area is 177 Å². The van der Waals surface area contributed by atoms with E-state index >= 15 is 0 Å². The van der Waals surface area contributed by atoms with Crippen molar-refractivity contribution >= 4 is 28.7 Å². The first-order valence-electron chi connectivity index (χ1n) is 9.27. The largest absolute Gasteiger partial charge is 0.445 e. The Balaban J connectivity index is 1.70. The molecule has 10 heteroatoms. The van der Waals surface area contributed by atoms with Crippen molar-refractivity contribution in [1.82, 2.24) is 9.88 Å². The molecule has 3 rings (SSSR count). The van der Waals surface area contributed by atoms with E-state index in [-0.39, 0.29) is 29.2 Å². The molecule has 1 saturated heterocycles. The molecular weight excluding hydrogens is 410 g/mol. The minimum Gasteiger partial charge on any atom is -0.445 e. The summed E-state index contributed by atoms with van der Waals surface area (Å²) in [6, 6.07) is 8.59. The molecule has 1 amide bonds. The number of aliphatic hydroxyl groups is 1. The predicted octanol–water partition coefficient (Wildman–Crippen LogP) is 3.08. The molecule has 2 aromatic rings. The lowest BCUT2D eigenvalue weighted by atomic mass is 10.0. The number of carbonyl (C=O) groups is 2. The number of non-ortho nitro benzene ring substituents is 1. The Morgan fingerprint density at radius 1 is 1.37 bits per heavy atom. The normalized spacial score (nSPS) is 19.3. The van der Waals surface area contributed by atoms with Crippen molar-refractivity contribution in [2.75, 3.05) is 6.54 Å². The van der Waals surface area contributed by atoms with Crippen LogP contribution in [0.3, 0.4) is 0 Å². The first-order valence-corrected chi connectivity index (χ1v) is 10.1. The molecule has 2 heterocycles. The van der Waals surface area contributed by atoms with Crippen LogP contribution in [0.4, 0.5) is 10.5 Å². The molecule has 1 aromatic heterocycles. The molecule has 3 atom stereocenters. The Bertz CT molecular complexity index is 909. The van der Waals surface area contributed by atoms with E-state index in [1.807, 2.05) is 0 Å². The molecule has 0 radical (unpaired) electrons. The van der Waals surface area contributed by atoms with E-state index < -0.39 is 23.2 Å². The third-order valence-electron chi connectivity index (χ3n) is 4.77. The van der Waals surface area contributed by atoms with Crippen LogP contribution >= 0.6 is 11.8 Å². The zero-order valence-corrected chi connectivity index (χ0v) is 17.0. The number of carbonyl (C=O) groups excluding carboxylic acids is 2. The summed E-state index contributed by atoms with van der Waals surface area (Å²) in [7, 11) is 0. The molecule has 0 bridgehead atoms. The molecule has 1 aliphatic rings. The molecule has 158 valence electrons. The predicted molar refractivity (Wildman–Crippen MR) is 110 cm³/mol. The van der Waals surface area contributed by atoms with Crippen LogP contribution in [0.2, 0.25) is 0 Å². The van der Waals surface area contributed by atoms with Gasteiger partial charge in [0.2, 0.25) is 0 Å².